The standard InChI is InChI=1S/C23H29N5O/c1-3-27-17-21(16-25-27)23(29)26-12-9-19(10-13-26)11-14-28-18(2)15-24-22(28)20-7-5-4-6-8-20/h4-8,15-17,19H,3,9-14H2,1-2H3. The summed E-state index contributed by atoms with van der Waals surface area (Å²) in [4.78, 5) is 19.3. The van der Waals surface area contributed by atoms with Crippen molar-refractivity contribution in [2.75, 3.05) is 13.1 Å². The van der Waals surface area contributed by atoms with E-state index in [1.807, 2.05) is 30.3 Å². The highest BCUT2D eigenvalue weighted by Crippen LogP contribution is 2.25. The molecule has 0 aliphatic carbocycles. The summed E-state index contributed by atoms with van der Waals surface area (Å²) < 4.78 is 4.13. The summed E-state index contributed by atoms with van der Waals surface area (Å²) in [5, 5.41) is 4.23. The van der Waals surface area contributed by atoms with Crippen LogP contribution in [0.15, 0.2) is 48.9 Å². The van der Waals surface area contributed by atoms with Gasteiger partial charge in [0.1, 0.15) is 5.82 Å². The van der Waals surface area contributed by atoms with Crippen molar-refractivity contribution in [1.29, 1.82) is 0 Å². The molecule has 3 heterocycles. The average molecular weight is 392 g/mol. The molecular weight excluding hydrogens is 362 g/mol. The van der Waals surface area contributed by atoms with E-state index in [1.54, 1.807) is 10.9 Å². The van der Waals surface area contributed by atoms with Gasteiger partial charge in [-0.1, -0.05) is 30.3 Å². The molecule has 0 atom stereocenters. The van der Waals surface area contributed by atoms with Crippen molar-refractivity contribution < 1.29 is 4.79 Å². The molecule has 0 unspecified atom stereocenters. The average Bonchev–Trinajstić information content (AvgIpc) is 3.39. The molecule has 0 bridgehead atoms. The van der Waals surface area contributed by atoms with E-state index >= 15 is 0 Å². The van der Waals surface area contributed by atoms with Crippen LogP contribution < -0.4 is 0 Å². The van der Waals surface area contributed by atoms with E-state index in [-0.39, 0.29) is 5.91 Å². The number of imidazole rings is 1. The van der Waals surface area contributed by atoms with Gasteiger partial charge in [0, 0.05) is 49.8 Å². The lowest BCUT2D eigenvalue weighted by atomic mass is 9.93. The summed E-state index contributed by atoms with van der Waals surface area (Å²) in [6, 6.07) is 10.4. The van der Waals surface area contributed by atoms with E-state index in [4.69, 9.17) is 0 Å². The summed E-state index contributed by atoms with van der Waals surface area (Å²) in [5.74, 6) is 1.80. The molecule has 29 heavy (non-hydrogen) atoms. The van der Waals surface area contributed by atoms with Gasteiger partial charge in [-0.2, -0.15) is 5.10 Å². The van der Waals surface area contributed by atoms with E-state index < -0.39 is 0 Å². The first-order chi connectivity index (χ1) is 14.2. The van der Waals surface area contributed by atoms with Crippen molar-refractivity contribution in [2.24, 2.45) is 5.92 Å². The number of nitrogens with zero attached hydrogens (tertiary/aromatic N) is 5. The Bertz CT molecular complexity index is 951. The summed E-state index contributed by atoms with van der Waals surface area (Å²) >= 11 is 0. The first-order valence-electron chi connectivity index (χ1n) is 10.5. The fourth-order valence-electron chi connectivity index (χ4n) is 4.13. The summed E-state index contributed by atoms with van der Waals surface area (Å²) in [6.07, 6.45) is 8.73. The summed E-state index contributed by atoms with van der Waals surface area (Å²) in [5.41, 5.74) is 3.06. The number of carbonyl (C=O) groups excluding carboxylic acids is 1. The van der Waals surface area contributed by atoms with Crippen molar-refractivity contribution >= 4 is 5.91 Å². The molecule has 0 radical (unpaired) electrons. The third kappa shape index (κ3) is 4.26. The van der Waals surface area contributed by atoms with E-state index in [1.165, 1.54) is 5.69 Å². The minimum absolute atomic E-state index is 0.111. The molecule has 1 aliphatic heterocycles. The van der Waals surface area contributed by atoms with Gasteiger partial charge in [-0.15, -0.1) is 0 Å². The molecule has 3 aromatic rings. The maximum absolute atomic E-state index is 12.7. The molecule has 1 aliphatic rings. The van der Waals surface area contributed by atoms with Gasteiger partial charge in [-0.25, -0.2) is 4.98 Å². The van der Waals surface area contributed by atoms with E-state index in [2.05, 4.69) is 45.8 Å². The van der Waals surface area contributed by atoms with Crippen LogP contribution >= 0.6 is 0 Å². The van der Waals surface area contributed by atoms with Gasteiger partial charge in [-0.05, 0) is 39.0 Å². The minimum atomic E-state index is 0.111. The van der Waals surface area contributed by atoms with Gasteiger partial charge in [0.25, 0.3) is 5.91 Å². The van der Waals surface area contributed by atoms with Crippen LogP contribution in [-0.2, 0) is 13.1 Å². The van der Waals surface area contributed by atoms with E-state index in [0.29, 0.717) is 11.5 Å². The SMILES string of the molecule is CCn1cc(C(=O)N2CCC(CCn3c(C)cnc3-c3ccccc3)CC2)cn1. The smallest absolute Gasteiger partial charge is 0.257 e. The van der Waals surface area contributed by atoms with Gasteiger partial charge in [0.05, 0.1) is 11.8 Å². The second-order valence-corrected chi connectivity index (χ2v) is 7.85. The van der Waals surface area contributed by atoms with Crippen LogP contribution in [0.5, 0.6) is 0 Å². The molecular formula is C23H29N5O. The molecule has 2 aromatic heterocycles. The van der Waals surface area contributed by atoms with Gasteiger partial charge in [0.15, 0.2) is 0 Å². The zero-order valence-corrected chi connectivity index (χ0v) is 17.3. The number of hydrogen-bond donors (Lipinski definition) is 0. The number of hydrogen-bond acceptors (Lipinski definition) is 3. The number of aryl methyl sites for hydroxylation is 2. The van der Waals surface area contributed by atoms with Crippen LogP contribution in [0.1, 0.15) is 42.2 Å². The highest BCUT2D eigenvalue weighted by atomic mass is 16.2. The molecule has 0 N–H and O–H groups in total. The van der Waals surface area contributed by atoms with E-state index in [9.17, 15) is 4.79 Å². The third-order valence-electron chi connectivity index (χ3n) is 5.95. The van der Waals surface area contributed by atoms with Crippen LogP contribution in [0.2, 0.25) is 0 Å². The third-order valence-corrected chi connectivity index (χ3v) is 5.95. The predicted octanol–water partition coefficient (Wildman–Crippen LogP) is 4.02. The normalized spacial score (nSPS) is 15.0. The molecule has 152 valence electrons. The quantitative estimate of drug-likeness (QED) is 0.638. The molecule has 6 nitrogen and oxygen atoms in total. The zero-order chi connectivity index (χ0) is 20.2. The maximum atomic E-state index is 12.7. The van der Waals surface area contributed by atoms with Crippen molar-refractivity contribution in [3.63, 3.8) is 0 Å². The van der Waals surface area contributed by atoms with Crippen LogP contribution in [0, 0.1) is 12.8 Å². The highest BCUT2D eigenvalue weighted by Gasteiger charge is 2.24. The van der Waals surface area contributed by atoms with E-state index in [0.717, 1.165) is 56.8 Å². The van der Waals surface area contributed by atoms with Gasteiger partial charge < -0.3 is 9.47 Å². The lowest BCUT2D eigenvalue weighted by Crippen LogP contribution is -2.38. The number of piperidine rings is 1. The second-order valence-electron chi connectivity index (χ2n) is 7.85. The maximum Gasteiger partial charge on any atom is 0.257 e. The molecule has 4 rings (SSSR count). The number of amides is 1. The summed E-state index contributed by atoms with van der Waals surface area (Å²) in [7, 11) is 0. The Balaban J connectivity index is 1.33. The van der Waals surface area contributed by atoms with Crippen molar-refractivity contribution in [1.82, 2.24) is 24.2 Å². The Morgan fingerprint density at radius 1 is 1.14 bits per heavy atom. The summed E-state index contributed by atoms with van der Waals surface area (Å²) in [6.45, 7) is 7.56. The molecule has 0 spiro atoms. The highest BCUT2D eigenvalue weighted by molar-refractivity contribution is 5.93. The molecule has 1 saturated heterocycles. The van der Waals surface area contributed by atoms with Gasteiger partial charge >= 0.3 is 0 Å². The van der Waals surface area contributed by atoms with Gasteiger partial charge in [0.2, 0.25) is 0 Å². The van der Waals surface area contributed by atoms with Gasteiger partial charge in [-0.3, -0.25) is 9.48 Å². The van der Waals surface area contributed by atoms with Crippen LogP contribution in [-0.4, -0.2) is 43.2 Å². The topological polar surface area (TPSA) is 56.0 Å². The monoisotopic (exact) mass is 391 g/mol. The number of carbonyl (C=O) groups is 1. The Hall–Kier alpha value is -2.89. The Morgan fingerprint density at radius 3 is 2.59 bits per heavy atom. The van der Waals surface area contributed by atoms with Crippen molar-refractivity contribution in [3.05, 3.63) is 60.2 Å². The Morgan fingerprint density at radius 2 is 1.90 bits per heavy atom. The van der Waals surface area contributed by atoms with Crippen LogP contribution in [0.3, 0.4) is 0 Å². The first kappa shape index (κ1) is 19.4. The molecule has 0 saturated carbocycles. The fourth-order valence-corrected chi connectivity index (χ4v) is 4.13. The first-order valence-corrected chi connectivity index (χ1v) is 10.5. The number of benzene rings is 1. The lowest BCUT2D eigenvalue weighted by Gasteiger charge is -2.32. The number of likely N-dealkylation sites (tertiary alicyclic amines) is 1. The van der Waals surface area contributed by atoms with Crippen LogP contribution in [0.25, 0.3) is 11.4 Å². The Labute approximate surface area is 172 Å². The second kappa shape index (κ2) is 8.64. The van der Waals surface area contributed by atoms with Crippen molar-refractivity contribution in [3.8, 4) is 11.4 Å². The van der Waals surface area contributed by atoms with Crippen molar-refractivity contribution in [2.45, 2.75) is 46.2 Å². The fraction of sp³-hybridized carbons (Fsp3) is 0.435. The minimum Gasteiger partial charge on any atom is -0.339 e. The molecule has 6 heteroatoms. The molecule has 1 aromatic carbocycles. The largest absolute Gasteiger partial charge is 0.339 e. The molecule has 1 amide bonds. The number of rotatable bonds is 6. The predicted molar refractivity (Wildman–Crippen MR) is 114 cm³/mol. The van der Waals surface area contributed by atoms with Crippen LogP contribution in [0.4, 0.5) is 0 Å². The molecule has 1 fully saturated rings. The number of aromatic nitrogens is 4. The zero-order valence-electron chi connectivity index (χ0n) is 17.3. The lowest BCUT2D eigenvalue weighted by molar-refractivity contribution is 0.0685. The Kier molecular flexibility index (Phi) is 5.79.